The van der Waals surface area contributed by atoms with E-state index >= 15 is 0 Å². The Hall–Kier alpha value is -1.58. The fourth-order valence-electron chi connectivity index (χ4n) is 1.25. The minimum absolute atomic E-state index is 0.0511. The monoisotopic (exact) mass is 209 g/mol. The van der Waals surface area contributed by atoms with Crippen LogP contribution in [0.1, 0.15) is 23.2 Å². The van der Waals surface area contributed by atoms with Crippen LogP contribution in [0.5, 0.6) is 0 Å². The summed E-state index contributed by atoms with van der Waals surface area (Å²) < 4.78 is 18.2. The number of halogens is 1. The predicted molar refractivity (Wildman–Crippen MR) is 53.8 cm³/mol. The van der Waals surface area contributed by atoms with Crippen LogP contribution in [0, 0.1) is 11.7 Å². The molecule has 80 valence electrons. The third-order valence-electron chi connectivity index (χ3n) is 2.36. The lowest BCUT2D eigenvalue weighted by atomic mass is 10.2. The highest BCUT2D eigenvalue weighted by Gasteiger charge is 2.24. The minimum Gasteiger partial charge on any atom is -0.462 e. The summed E-state index contributed by atoms with van der Waals surface area (Å²) in [6.07, 6.45) is 2.19. The summed E-state index contributed by atoms with van der Waals surface area (Å²) in [5.74, 6) is -0.763. The molecule has 0 aromatic heterocycles. The van der Waals surface area contributed by atoms with Crippen LogP contribution < -0.4 is 5.73 Å². The van der Waals surface area contributed by atoms with Gasteiger partial charge in [0.1, 0.15) is 5.82 Å². The summed E-state index contributed by atoms with van der Waals surface area (Å²) in [6, 6.07) is 3.95. The summed E-state index contributed by atoms with van der Waals surface area (Å²) in [7, 11) is 0. The van der Waals surface area contributed by atoms with Crippen molar-refractivity contribution in [2.75, 3.05) is 12.3 Å². The van der Waals surface area contributed by atoms with Crippen LogP contribution in [0.4, 0.5) is 10.1 Å². The minimum atomic E-state index is -0.629. The van der Waals surface area contributed by atoms with Gasteiger partial charge in [-0.15, -0.1) is 0 Å². The highest BCUT2D eigenvalue weighted by Crippen LogP contribution is 2.29. The Morgan fingerprint density at radius 3 is 2.87 bits per heavy atom. The van der Waals surface area contributed by atoms with E-state index in [1.165, 1.54) is 12.1 Å². The average molecular weight is 209 g/mol. The lowest BCUT2D eigenvalue weighted by molar-refractivity contribution is 0.0481. The first-order valence-electron chi connectivity index (χ1n) is 4.89. The number of carbonyl (C=O) groups is 1. The molecule has 0 radical (unpaired) electrons. The standard InChI is InChI=1S/C11H12FNO2/c12-10-5-8(13)3-4-9(10)11(14)15-6-7-1-2-7/h3-5,7H,1-2,6,13H2. The first kappa shape index (κ1) is 9.96. The number of nitrogens with two attached hydrogens (primary N) is 1. The molecule has 1 aliphatic rings. The van der Waals surface area contributed by atoms with Gasteiger partial charge in [0, 0.05) is 5.69 Å². The third-order valence-corrected chi connectivity index (χ3v) is 2.36. The molecule has 2 N–H and O–H groups in total. The number of benzene rings is 1. The van der Waals surface area contributed by atoms with Gasteiger partial charge in [-0.2, -0.15) is 0 Å². The van der Waals surface area contributed by atoms with Crippen molar-refractivity contribution in [3.05, 3.63) is 29.6 Å². The van der Waals surface area contributed by atoms with E-state index in [-0.39, 0.29) is 5.56 Å². The van der Waals surface area contributed by atoms with Crippen LogP contribution in [0.25, 0.3) is 0 Å². The summed E-state index contributed by atoms with van der Waals surface area (Å²) in [4.78, 5) is 11.4. The zero-order valence-corrected chi connectivity index (χ0v) is 8.20. The van der Waals surface area contributed by atoms with E-state index in [9.17, 15) is 9.18 Å². The molecule has 0 bridgehead atoms. The molecule has 1 fully saturated rings. The van der Waals surface area contributed by atoms with Crippen molar-refractivity contribution in [1.29, 1.82) is 0 Å². The number of hydrogen-bond acceptors (Lipinski definition) is 3. The van der Waals surface area contributed by atoms with E-state index in [4.69, 9.17) is 10.5 Å². The Bertz CT molecular complexity index is 388. The number of hydrogen-bond donors (Lipinski definition) is 1. The van der Waals surface area contributed by atoms with Gasteiger partial charge < -0.3 is 10.5 Å². The zero-order valence-electron chi connectivity index (χ0n) is 8.20. The zero-order chi connectivity index (χ0) is 10.8. The Labute approximate surface area is 87.0 Å². The number of ether oxygens (including phenoxy) is 1. The SMILES string of the molecule is Nc1ccc(C(=O)OCC2CC2)c(F)c1. The molecule has 4 heteroatoms. The van der Waals surface area contributed by atoms with Crippen molar-refractivity contribution < 1.29 is 13.9 Å². The summed E-state index contributed by atoms with van der Waals surface area (Å²) in [5.41, 5.74) is 5.61. The van der Waals surface area contributed by atoms with Crippen molar-refractivity contribution in [3.63, 3.8) is 0 Å². The molecule has 0 aliphatic heterocycles. The molecule has 1 aromatic carbocycles. The molecule has 0 atom stereocenters. The van der Waals surface area contributed by atoms with Crippen molar-refractivity contribution in [3.8, 4) is 0 Å². The van der Waals surface area contributed by atoms with E-state index in [0.29, 0.717) is 18.2 Å². The molecule has 3 nitrogen and oxygen atoms in total. The fourth-order valence-corrected chi connectivity index (χ4v) is 1.25. The van der Waals surface area contributed by atoms with Crippen LogP contribution in [-0.4, -0.2) is 12.6 Å². The Morgan fingerprint density at radius 1 is 1.53 bits per heavy atom. The fraction of sp³-hybridized carbons (Fsp3) is 0.364. The molecule has 0 heterocycles. The molecule has 1 aromatic rings. The van der Waals surface area contributed by atoms with Gasteiger partial charge in [-0.3, -0.25) is 0 Å². The van der Waals surface area contributed by atoms with Gasteiger partial charge in [-0.05, 0) is 37.0 Å². The van der Waals surface area contributed by atoms with Crippen LogP contribution in [0.3, 0.4) is 0 Å². The molecule has 15 heavy (non-hydrogen) atoms. The van der Waals surface area contributed by atoms with Crippen molar-refractivity contribution >= 4 is 11.7 Å². The van der Waals surface area contributed by atoms with Gasteiger partial charge in [0.2, 0.25) is 0 Å². The average Bonchev–Trinajstić information content (AvgIpc) is 2.97. The molecule has 0 amide bonds. The molecule has 1 saturated carbocycles. The largest absolute Gasteiger partial charge is 0.462 e. The van der Waals surface area contributed by atoms with E-state index in [0.717, 1.165) is 18.9 Å². The van der Waals surface area contributed by atoms with Gasteiger partial charge in [-0.1, -0.05) is 0 Å². The summed E-state index contributed by atoms with van der Waals surface area (Å²) in [5, 5.41) is 0. The van der Waals surface area contributed by atoms with E-state index in [1.54, 1.807) is 0 Å². The normalized spacial score (nSPS) is 15.0. The van der Waals surface area contributed by atoms with Crippen LogP contribution >= 0.6 is 0 Å². The molecule has 0 unspecified atom stereocenters. The number of esters is 1. The maximum absolute atomic E-state index is 13.3. The molecule has 0 saturated heterocycles. The number of anilines is 1. The first-order chi connectivity index (χ1) is 7.16. The summed E-state index contributed by atoms with van der Waals surface area (Å²) in [6.45, 7) is 0.392. The lowest BCUT2D eigenvalue weighted by Gasteiger charge is -2.04. The number of carbonyl (C=O) groups excluding carboxylic acids is 1. The van der Waals surface area contributed by atoms with Gasteiger partial charge in [-0.25, -0.2) is 9.18 Å². The van der Waals surface area contributed by atoms with E-state index in [1.807, 2.05) is 0 Å². The molecular formula is C11H12FNO2. The van der Waals surface area contributed by atoms with Crippen molar-refractivity contribution in [1.82, 2.24) is 0 Å². The van der Waals surface area contributed by atoms with Crippen molar-refractivity contribution in [2.24, 2.45) is 5.92 Å². The van der Waals surface area contributed by atoms with Gasteiger partial charge in [0.05, 0.1) is 12.2 Å². The maximum Gasteiger partial charge on any atom is 0.341 e. The Morgan fingerprint density at radius 2 is 2.27 bits per heavy atom. The highest BCUT2D eigenvalue weighted by atomic mass is 19.1. The van der Waals surface area contributed by atoms with E-state index < -0.39 is 11.8 Å². The van der Waals surface area contributed by atoms with E-state index in [2.05, 4.69) is 0 Å². The third kappa shape index (κ3) is 2.46. The smallest absolute Gasteiger partial charge is 0.341 e. The molecule has 0 spiro atoms. The van der Waals surface area contributed by atoms with Crippen LogP contribution in [0.15, 0.2) is 18.2 Å². The Kier molecular flexibility index (Phi) is 2.58. The van der Waals surface area contributed by atoms with Gasteiger partial charge in [0.15, 0.2) is 0 Å². The maximum atomic E-state index is 13.3. The predicted octanol–water partition coefficient (Wildman–Crippen LogP) is 1.97. The lowest BCUT2D eigenvalue weighted by Crippen LogP contribution is -2.09. The highest BCUT2D eigenvalue weighted by molar-refractivity contribution is 5.90. The number of nitrogen functional groups attached to an aromatic ring is 1. The molecular weight excluding hydrogens is 197 g/mol. The quantitative estimate of drug-likeness (QED) is 0.611. The molecule has 2 rings (SSSR count). The topological polar surface area (TPSA) is 52.3 Å². The molecule has 1 aliphatic carbocycles. The van der Waals surface area contributed by atoms with Gasteiger partial charge in [0.25, 0.3) is 0 Å². The van der Waals surface area contributed by atoms with Gasteiger partial charge >= 0.3 is 5.97 Å². The second-order valence-corrected chi connectivity index (χ2v) is 3.78. The Balaban J connectivity index is 2.03. The van der Waals surface area contributed by atoms with Crippen LogP contribution in [0.2, 0.25) is 0 Å². The van der Waals surface area contributed by atoms with Crippen molar-refractivity contribution in [2.45, 2.75) is 12.8 Å². The first-order valence-corrected chi connectivity index (χ1v) is 4.89. The second kappa shape index (κ2) is 3.88. The second-order valence-electron chi connectivity index (χ2n) is 3.78. The summed E-state index contributed by atoms with van der Waals surface area (Å²) >= 11 is 0. The number of rotatable bonds is 3. The van der Waals surface area contributed by atoms with Crippen LogP contribution in [-0.2, 0) is 4.74 Å².